The highest BCUT2D eigenvalue weighted by molar-refractivity contribution is 7.13. The molecule has 6 heteroatoms. The Morgan fingerprint density at radius 1 is 1.32 bits per heavy atom. The number of ether oxygens (including phenoxy) is 1. The van der Waals surface area contributed by atoms with Crippen LogP contribution in [-0.4, -0.2) is 21.9 Å². The number of para-hydroxylation sites is 1. The van der Waals surface area contributed by atoms with Crippen LogP contribution in [0.1, 0.15) is 12.5 Å². The predicted molar refractivity (Wildman–Crippen MR) is 97.1 cm³/mol. The SMILES string of the molecule is C[C@@H](C#N)OC(=O)/C=C/c1cn(-c2ccccc2)nc1-c1cccs1. The molecule has 0 N–H and O–H groups in total. The smallest absolute Gasteiger partial charge is 0.332 e. The van der Waals surface area contributed by atoms with Crippen molar-refractivity contribution in [2.75, 3.05) is 0 Å². The summed E-state index contributed by atoms with van der Waals surface area (Å²) in [4.78, 5) is 12.8. The van der Waals surface area contributed by atoms with Gasteiger partial charge in [-0.15, -0.1) is 11.3 Å². The van der Waals surface area contributed by atoms with Gasteiger partial charge < -0.3 is 4.74 Å². The van der Waals surface area contributed by atoms with E-state index in [0.29, 0.717) is 0 Å². The van der Waals surface area contributed by atoms with Gasteiger partial charge in [-0.2, -0.15) is 10.4 Å². The molecule has 3 aromatic rings. The second kappa shape index (κ2) is 7.60. The van der Waals surface area contributed by atoms with Crippen LogP contribution in [0, 0.1) is 11.3 Å². The number of nitriles is 1. The molecule has 5 nitrogen and oxygen atoms in total. The molecule has 0 spiro atoms. The van der Waals surface area contributed by atoms with Gasteiger partial charge in [0.25, 0.3) is 0 Å². The van der Waals surface area contributed by atoms with Gasteiger partial charge in [-0.05, 0) is 36.6 Å². The van der Waals surface area contributed by atoms with Crippen LogP contribution in [0.25, 0.3) is 22.3 Å². The molecule has 2 heterocycles. The Morgan fingerprint density at radius 3 is 2.80 bits per heavy atom. The van der Waals surface area contributed by atoms with Crippen LogP contribution in [0.5, 0.6) is 0 Å². The van der Waals surface area contributed by atoms with Gasteiger partial charge in [-0.1, -0.05) is 24.3 Å². The summed E-state index contributed by atoms with van der Waals surface area (Å²) in [5, 5.41) is 15.3. The topological polar surface area (TPSA) is 67.9 Å². The summed E-state index contributed by atoms with van der Waals surface area (Å²) in [5.41, 5.74) is 2.52. The molecule has 1 atom stereocenters. The Balaban J connectivity index is 1.93. The van der Waals surface area contributed by atoms with E-state index in [4.69, 9.17) is 10.00 Å². The number of carbonyl (C=O) groups is 1. The zero-order valence-corrected chi connectivity index (χ0v) is 14.3. The number of hydrogen-bond acceptors (Lipinski definition) is 5. The van der Waals surface area contributed by atoms with Gasteiger partial charge in [0.1, 0.15) is 11.8 Å². The van der Waals surface area contributed by atoms with Crippen molar-refractivity contribution in [3.05, 3.63) is 65.7 Å². The molecule has 0 radical (unpaired) electrons. The summed E-state index contributed by atoms with van der Waals surface area (Å²) >= 11 is 1.58. The minimum atomic E-state index is -0.777. The monoisotopic (exact) mass is 349 g/mol. The molecule has 0 amide bonds. The number of benzene rings is 1. The highest BCUT2D eigenvalue weighted by Crippen LogP contribution is 2.28. The van der Waals surface area contributed by atoms with Crippen molar-refractivity contribution in [1.82, 2.24) is 9.78 Å². The van der Waals surface area contributed by atoms with Crippen molar-refractivity contribution < 1.29 is 9.53 Å². The molecule has 0 saturated heterocycles. The Labute approximate surface area is 149 Å². The summed E-state index contributed by atoms with van der Waals surface area (Å²) in [6.07, 6.45) is 4.06. The molecule has 2 aromatic heterocycles. The number of rotatable bonds is 5. The first-order chi connectivity index (χ1) is 12.2. The number of carbonyl (C=O) groups excluding carboxylic acids is 1. The summed E-state index contributed by atoms with van der Waals surface area (Å²) in [7, 11) is 0. The molecule has 25 heavy (non-hydrogen) atoms. The normalized spacial score (nSPS) is 12.0. The summed E-state index contributed by atoms with van der Waals surface area (Å²) < 4.78 is 6.71. The summed E-state index contributed by atoms with van der Waals surface area (Å²) in [6, 6.07) is 15.5. The molecular formula is C19H15N3O2S. The molecule has 0 bridgehead atoms. The Hall–Kier alpha value is -3.17. The fraction of sp³-hybridized carbons (Fsp3) is 0.105. The van der Waals surface area contributed by atoms with E-state index >= 15 is 0 Å². The van der Waals surface area contributed by atoms with Crippen LogP contribution in [0.4, 0.5) is 0 Å². The van der Waals surface area contributed by atoms with E-state index in [-0.39, 0.29) is 0 Å². The maximum absolute atomic E-state index is 11.8. The van der Waals surface area contributed by atoms with Gasteiger partial charge in [0.2, 0.25) is 0 Å². The van der Waals surface area contributed by atoms with Gasteiger partial charge in [-0.3, -0.25) is 0 Å². The maximum atomic E-state index is 11.8. The van der Waals surface area contributed by atoms with Crippen LogP contribution in [0.3, 0.4) is 0 Å². The molecule has 0 saturated carbocycles. The lowest BCUT2D eigenvalue weighted by atomic mass is 10.2. The first-order valence-electron chi connectivity index (χ1n) is 7.64. The fourth-order valence-corrected chi connectivity index (χ4v) is 2.96. The zero-order chi connectivity index (χ0) is 17.6. The van der Waals surface area contributed by atoms with Crippen LogP contribution >= 0.6 is 11.3 Å². The van der Waals surface area contributed by atoms with Crippen molar-refractivity contribution >= 4 is 23.4 Å². The molecular weight excluding hydrogens is 334 g/mol. The van der Waals surface area contributed by atoms with Crippen molar-refractivity contribution in [1.29, 1.82) is 5.26 Å². The Bertz CT molecular complexity index is 921. The zero-order valence-electron chi connectivity index (χ0n) is 13.5. The molecule has 0 unspecified atom stereocenters. The lowest BCUT2D eigenvalue weighted by molar-refractivity contribution is -0.139. The largest absolute Gasteiger partial charge is 0.444 e. The Kier molecular flexibility index (Phi) is 5.07. The van der Waals surface area contributed by atoms with E-state index in [9.17, 15) is 4.79 Å². The molecule has 3 rings (SSSR count). The molecule has 0 aliphatic heterocycles. The minimum Gasteiger partial charge on any atom is -0.444 e. The molecule has 124 valence electrons. The van der Waals surface area contributed by atoms with Crippen molar-refractivity contribution in [3.63, 3.8) is 0 Å². The first kappa shape index (κ1) is 16.7. The van der Waals surface area contributed by atoms with Crippen molar-refractivity contribution in [2.24, 2.45) is 0 Å². The average molecular weight is 349 g/mol. The van der Waals surface area contributed by atoms with Gasteiger partial charge >= 0.3 is 5.97 Å². The molecule has 0 aliphatic carbocycles. The van der Waals surface area contributed by atoms with Gasteiger partial charge in [0, 0.05) is 17.8 Å². The number of thiophene rings is 1. The summed E-state index contributed by atoms with van der Waals surface area (Å²) in [5.74, 6) is -0.557. The first-order valence-corrected chi connectivity index (χ1v) is 8.52. The van der Waals surface area contributed by atoms with Crippen molar-refractivity contribution in [2.45, 2.75) is 13.0 Å². The fourth-order valence-electron chi connectivity index (χ4n) is 2.22. The van der Waals surface area contributed by atoms with Gasteiger partial charge in [-0.25, -0.2) is 9.48 Å². The minimum absolute atomic E-state index is 0.557. The second-order valence-corrected chi connectivity index (χ2v) is 6.18. The van der Waals surface area contributed by atoms with Crippen molar-refractivity contribution in [3.8, 4) is 22.3 Å². The third-order valence-corrected chi connectivity index (χ3v) is 4.27. The quantitative estimate of drug-likeness (QED) is 0.514. The van der Waals surface area contributed by atoms with Crippen LogP contribution in [0.2, 0.25) is 0 Å². The van der Waals surface area contributed by atoms with Crippen LogP contribution in [-0.2, 0) is 9.53 Å². The third kappa shape index (κ3) is 4.03. The third-order valence-electron chi connectivity index (χ3n) is 3.39. The molecule has 0 aliphatic rings. The maximum Gasteiger partial charge on any atom is 0.332 e. The molecule has 0 fully saturated rings. The van der Waals surface area contributed by atoms with E-state index in [1.165, 1.54) is 13.0 Å². The summed E-state index contributed by atoms with van der Waals surface area (Å²) in [6.45, 7) is 1.52. The number of hydrogen-bond donors (Lipinski definition) is 0. The van der Waals surface area contributed by atoms with E-state index in [1.54, 1.807) is 22.1 Å². The van der Waals surface area contributed by atoms with E-state index in [0.717, 1.165) is 21.8 Å². The van der Waals surface area contributed by atoms with E-state index in [1.807, 2.05) is 60.1 Å². The highest BCUT2D eigenvalue weighted by Gasteiger charge is 2.12. The number of aromatic nitrogens is 2. The predicted octanol–water partition coefficient (Wildman–Crippen LogP) is 4.07. The molecule has 1 aromatic carbocycles. The highest BCUT2D eigenvalue weighted by atomic mass is 32.1. The van der Waals surface area contributed by atoms with Gasteiger partial charge in [0.05, 0.1) is 10.6 Å². The van der Waals surface area contributed by atoms with Crippen LogP contribution in [0.15, 0.2) is 60.1 Å². The standard InChI is InChI=1S/C19H15N3O2S/c1-14(12-20)24-18(23)10-9-15-13-22(16-6-3-2-4-7-16)21-19(15)17-8-5-11-25-17/h2-11,13-14H,1H3/b10-9+/t14-/m0/s1. The second-order valence-electron chi connectivity index (χ2n) is 5.23. The van der Waals surface area contributed by atoms with E-state index in [2.05, 4.69) is 5.10 Å². The van der Waals surface area contributed by atoms with Gasteiger partial charge in [0.15, 0.2) is 6.10 Å². The number of nitrogens with zero attached hydrogens (tertiary/aromatic N) is 3. The lowest BCUT2D eigenvalue weighted by Gasteiger charge is -2.01. The van der Waals surface area contributed by atoms with Crippen LogP contribution < -0.4 is 0 Å². The average Bonchev–Trinajstić information content (AvgIpc) is 3.30. The number of esters is 1. The Morgan fingerprint density at radius 2 is 2.12 bits per heavy atom. The van der Waals surface area contributed by atoms with E-state index < -0.39 is 12.1 Å². The lowest BCUT2D eigenvalue weighted by Crippen LogP contribution is -2.10.